The molecule has 1 aliphatic heterocycles. The van der Waals surface area contributed by atoms with E-state index in [4.69, 9.17) is 9.26 Å². The second kappa shape index (κ2) is 7.23. The lowest BCUT2D eigenvalue weighted by molar-refractivity contribution is 0.113. The van der Waals surface area contributed by atoms with Crippen molar-refractivity contribution in [3.05, 3.63) is 45.6 Å². The molecular weight excluding hydrogens is 410 g/mol. The lowest BCUT2D eigenvalue weighted by atomic mass is 9.92. The smallest absolute Gasteiger partial charge is 0.262 e. The molecule has 0 atom stereocenters. The van der Waals surface area contributed by atoms with Gasteiger partial charge in [-0.2, -0.15) is 4.98 Å². The highest BCUT2D eigenvalue weighted by atomic mass is 32.2. The SMILES string of the molecule is Cc1noc(-c2c(NS(=O)(=O)c3ccc4c(c3)CCCC4)sc3c2CCOC3)n1. The molecule has 5 rings (SSSR count). The number of anilines is 1. The van der Waals surface area contributed by atoms with Gasteiger partial charge >= 0.3 is 0 Å². The quantitative estimate of drug-likeness (QED) is 0.674. The van der Waals surface area contributed by atoms with Gasteiger partial charge in [0.15, 0.2) is 5.82 Å². The zero-order valence-electron chi connectivity index (χ0n) is 16.0. The van der Waals surface area contributed by atoms with Crippen molar-refractivity contribution in [2.24, 2.45) is 0 Å². The summed E-state index contributed by atoms with van der Waals surface area (Å²) in [6.07, 6.45) is 4.88. The van der Waals surface area contributed by atoms with Gasteiger partial charge in [-0.3, -0.25) is 4.72 Å². The Kier molecular flexibility index (Phi) is 4.68. The molecule has 0 spiro atoms. The second-order valence-corrected chi connectivity index (χ2v) is 10.2. The molecule has 3 heterocycles. The molecule has 1 aromatic carbocycles. The van der Waals surface area contributed by atoms with Gasteiger partial charge in [-0.1, -0.05) is 11.2 Å². The highest BCUT2D eigenvalue weighted by Crippen LogP contribution is 2.43. The van der Waals surface area contributed by atoms with Crippen LogP contribution >= 0.6 is 11.3 Å². The first-order chi connectivity index (χ1) is 14.0. The zero-order chi connectivity index (χ0) is 20.0. The Morgan fingerprint density at radius 1 is 1.14 bits per heavy atom. The Balaban J connectivity index is 1.55. The number of sulfonamides is 1. The fourth-order valence-electron chi connectivity index (χ4n) is 3.99. The van der Waals surface area contributed by atoms with Crippen molar-refractivity contribution in [1.29, 1.82) is 0 Å². The monoisotopic (exact) mass is 431 g/mol. The Morgan fingerprint density at radius 3 is 2.76 bits per heavy atom. The van der Waals surface area contributed by atoms with Crippen LogP contribution in [-0.2, 0) is 40.6 Å². The molecule has 0 fully saturated rings. The van der Waals surface area contributed by atoms with Crippen LogP contribution in [0.2, 0.25) is 0 Å². The van der Waals surface area contributed by atoms with Gasteiger partial charge in [0.25, 0.3) is 15.9 Å². The molecule has 0 unspecified atom stereocenters. The summed E-state index contributed by atoms with van der Waals surface area (Å²) < 4.78 is 40.1. The van der Waals surface area contributed by atoms with Crippen molar-refractivity contribution in [2.45, 2.75) is 50.5 Å². The van der Waals surface area contributed by atoms with E-state index in [9.17, 15) is 8.42 Å². The fourth-order valence-corrected chi connectivity index (χ4v) is 6.52. The third kappa shape index (κ3) is 3.47. The summed E-state index contributed by atoms with van der Waals surface area (Å²) in [5, 5.41) is 4.38. The molecule has 0 saturated carbocycles. The first kappa shape index (κ1) is 18.8. The average molecular weight is 432 g/mol. The van der Waals surface area contributed by atoms with Gasteiger partial charge in [-0.05, 0) is 67.9 Å². The molecule has 3 aromatic rings. The molecule has 1 aliphatic carbocycles. The number of aromatic nitrogens is 2. The molecular formula is C20H21N3O4S2. The van der Waals surface area contributed by atoms with Crippen LogP contribution in [0.5, 0.6) is 0 Å². The Morgan fingerprint density at radius 2 is 1.97 bits per heavy atom. The number of hydrogen-bond acceptors (Lipinski definition) is 7. The Bertz CT molecular complexity index is 1180. The molecule has 7 nitrogen and oxygen atoms in total. The van der Waals surface area contributed by atoms with Crippen LogP contribution in [-0.4, -0.2) is 25.2 Å². The number of thiophene rings is 1. The van der Waals surface area contributed by atoms with Crippen molar-refractivity contribution in [1.82, 2.24) is 10.1 Å². The predicted octanol–water partition coefficient (Wildman–Crippen LogP) is 3.86. The lowest BCUT2D eigenvalue weighted by Crippen LogP contribution is -2.14. The minimum atomic E-state index is -3.74. The highest BCUT2D eigenvalue weighted by Gasteiger charge is 2.28. The van der Waals surface area contributed by atoms with Crippen molar-refractivity contribution < 1.29 is 17.7 Å². The number of nitrogens with zero attached hydrogens (tertiary/aromatic N) is 2. The second-order valence-electron chi connectivity index (χ2n) is 7.40. The number of rotatable bonds is 4. The predicted molar refractivity (Wildman–Crippen MR) is 110 cm³/mol. The number of fused-ring (bicyclic) bond motifs is 2. The van der Waals surface area contributed by atoms with E-state index in [2.05, 4.69) is 14.9 Å². The summed E-state index contributed by atoms with van der Waals surface area (Å²) in [7, 11) is -3.74. The van der Waals surface area contributed by atoms with Gasteiger partial charge in [0.2, 0.25) is 0 Å². The van der Waals surface area contributed by atoms with Crippen molar-refractivity contribution in [2.75, 3.05) is 11.3 Å². The van der Waals surface area contributed by atoms with Crippen LogP contribution in [0.1, 0.15) is 40.2 Å². The summed E-state index contributed by atoms with van der Waals surface area (Å²) in [4.78, 5) is 5.61. The van der Waals surface area contributed by atoms with Crippen LogP contribution in [0.4, 0.5) is 5.00 Å². The molecule has 2 aromatic heterocycles. The third-order valence-electron chi connectivity index (χ3n) is 5.42. The lowest BCUT2D eigenvalue weighted by Gasteiger charge is -2.17. The number of ether oxygens (including phenoxy) is 1. The normalized spacial score (nSPS) is 16.3. The van der Waals surface area contributed by atoms with Gasteiger partial charge in [0, 0.05) is 4.88 Å². The summed E-state index contributed by atoms with van der Waals surface area (Å²) in [5.74, 6) is 0.848. The van der Waals surface area contributed by atoms with Crippen LogP contribution in [0, 0.1) is 6.92 Å². The summed E-state index contributed by atoms with van der Waals surface area (Å²) in [6.45, 7) is 2.79. The zero-order valence-corrected chi connectivity index (χ0v) is 17.7. The molecule has 0 bridgehead atoms. The minimum absolute atomic E-state index is 0.286. The van der Waals surface area contributed by atoms with Gasteiger partial charge < -0.3 is 9.26 Å². The number of aryl methyl sites for hydroxylation is 3. The number of nitrogens with one attached hydrogen (secondary N) is 1. The van der Waals surface area contributed by atoms with E-state index in [0.717, 1.165) is 41.7 Å². The van der Waals surface area contributed by atoms with Crippen LogP contribution in [0.25, 0.3) is 11.5 Å². The third-order valence-corrected chi connectivity index (χ3v) is 8.02. The van der Waals surface area contributed by atoms with Crippen molar-refractivity contribution in [3.63, 3.8) is 0 Å². The average Bonchev–Trinajstić information content (AvgIpc) is 3.29. The Hall–Kier alpha value is -2.23. The van der Waals surface area contributed by atoms with E-state index in [1.165, 1.54) is 16.9 Å². The van der Waals surface area contributed by atoms with E-state index in [0.29, 0.717) is 41.9 Å². The first-order valence-electron chi connectivity index (χ1n) is 9.69. The van der Waals surface area contributed by atoms with E-state index in [-0.39, 0.29) is 4.90 Å². The summed E-state index contributed by atoms with van der Waals surface area (Å²) in [6, 6.07) is 5.45. The first-order valence-corrected chi connectivity index (χ1v) is 12.0. The maximum Gasteiger partial charge on any atom is 0.262 e. The van der Waals surface area contributed by atoms with Crippen LogP contribution < -0.4 is 4.72 Å². The molecule has 0 amide bonds. The summed E-state index contributed by atoms with van der Waals surface area (Å²) >= 11 is 1.37. The van der Waals surface area contributed by atoms with Crippen molar-refractivity contribution in [3.8, 4) is 11.5 Å². The van der Waals surface area contributed by atoms with E-state index in [1.54, 1.807) is 13.0 Å². The molecule has 152 valence electrons. The maximum absolute atomic E-state index is 13.2. The molecule has 0 saturated heterocycles. The van der Waals surface area contributed by atoms with Crippen LogP contribution in [0.3, 0.4) is 0 Å². The molecule has 2 aliphatic rings. The Labute approximate surface area is 173 Å². The summed E-state index contributed by atoms with van der Waals surface area (Å²) in [5.41, 5.74) is 4.08. The molecule has 9 heteroatoms. The molecule has 1 N–H and O–H groups in total. The molecule has 29 heavy (non-hydrogen) atoms. The van der Waals surface area contributed by atoms with Gasteiger partial charge in [0.05, 0.1) is 23.7 Å². The molecule has 0 radical (unpaired) electrons. The van der Waals surface area contributed by atoms with E-state index < -0.39 is 10.0 Å². The van der Waals surface area contributed by atoms with E-state index in [1.807, 2.05) is 12.1 Å². The maximum atomic E-state index is 13.2. The van der Waals surface area contributed by atoms with Gasteiger partial charge in [-0.15, -0.1) is 11.3 Å². The number of benzene rings is 1. The van der Waals surface area contributed by atoms with Crippen LogP contribution in [0.15, 0.2) is 27.6 Å². The minimum Gasteiger partial charge on any atom is -0.376 e. The number of hydrogen-bond donors (Lipinski definition) is 1. The van der Waals surface area contributed by atoms with Gasteiger partial charge in [-0.25, -0.2) is 8.42 Å². The fraction of sp³-hybridized carbons (Fsp3) is 0.400. The van der Waals surface area contributed by atoms with E-state index >= 15 is 0 Å². The highest BCUT2D eigenvalue weighted by molar-refractivity contribution is 7.93. The standard InChI is InChI=1S/C20H21N3O4S2/c1-12-21-19(27-22-12)18-16-8-9-26-11-17(16)28-20(18)23-29(24,25)15-7-6-13-4-2-3-5-14(13)10-15/h6-7,10,23H,2-5,8-9,11H2,1H3. The van der Waals surface area contributed by atoms with Gasteiger partial charge in [0.1, 0.15) is 5.00 Å². The van der Waals surface area contributed by atoms with Crippen molar-refractivity contribution >= 4 is 26.4 Å². The largest absolute Gasteiger partial charge is 0.376 e. The topological polar surface area (TPSA) is 94.3 Å².